The summed E-state index contributed by atoms with van der Waals surface area (Å²) in [4.78, 5) is 35.6. The fourth-order valence-electron chi connectivity index (χ4n) is 4.09. The largest absolute Gasteiger partial charge is 0.493 e. The number of hydrogen-bond donors (Lipinski definition) is 1. The summed E-state index contributed by atoms with van der Waals surface area (Å²) in [6, 6.07) is 11.9. The average molecular weight is 518 g/mol. The number of ether oxygens (including phenoxy) is 1. The van der Waals surface area contributed by atoms with Crippen LogP contribution in [0.25, 0.3) is 22.8 Å². The number of nitrogens with one attached hydrogen (secondary N) is 1. The van der Waals surface area contributed by atoms with Crippen molar-refractivity contribution in [1.29, 1.82) is 0 Å². The van der Waals surface area contributed by atoms with E-state index >= 15 is 0 Å². The zero-order valence-corrected chi connectivity index (χ0v) is 20.0. The third-order valence-corrected chi connectivity index (χ3v) is 7.03. The standard InChI is InChI=1S/C26H23ClF3N3O3/c27-20-9-3-15(4-10-21(34)25(11-12-25)26(28,29)30)13-19(20)23-31-22(32-24(35)33-23)17-5-7-18(8-6-17)36-14-16-1-2-16/h3,5-9,13,16H,1-2,4,10-12,14H2,(H,31,32,33,35). The highest BCUT2D eigenvalue weighted by Crippen LogP contribution is 2.58. The predicted molar refractivity (Wildman–Crippen MR) is 128 cm³/mol. The second kappa shape index (κ2) is 9.35. The zero-order valence-electron chi connectivity index (χ0n) is 19.2. The van der Waals surface area contributed by atoms with Gasteiger partial charge in [0.05, 0.1) is 11.6 Å². The lowest BCUT2D eigenvalue weighted by molar-refractivity contribution is -0.190. The van der Waals surface area contributed by atoms with E-state index in [0.717, 1.165) is 5.75 Å². The number of benzene rings is 2. The minimum Gasteiger partial charge on any atom is -0.493 e. The van der Waals surface area contributed by atoms with E-state index in [1.165, 1.54) is 12.8 Å². The molecule has 0 aliphatic heterocycles. The Balaban J connectivity index is 1.34. The number of rotatable bonds is 9. The van der Waals surface area contributed by atoms with Crippen LogP contribution >= 0.6 is 11.6 Å². The summed E-state index contributed by atoms with van der Waals surface area (Å²) in [6.07, 6.45) is -2.56. The number of carbonyl (C=O) groups excluding carboxylic acids is 1. The minimum absolute atomic E-state index is 0.116. The van der Waals surface area contributed by atoms with Gasteiger partial charge in [0, 0.05) is 17.5 Å². The lowest BCUT2D eigenvalue weighted by Crippen LogP contribution is -2.32. The van der Waals surface area contributed by atoms with Crippen LogP contribution in [0.3, 0.4) is 0 Å². The van der Waals surface area contributed by atoms with Crippen LogP contribution in [0.2, 0.25) is 5.02 Å². The van der Waals surface area contributed by atoms with Crippen molar-refractivity contribution in [1.82, 2.24) is 15.0 Å². The molecular weight excluding hydrogens is 495 g/mol. The molecule has 2 saturated carbocycles. The number of hydrogen-bond acceptors (Lipinski definition) is 5. The highest BCUT2D eigenvalue weighted by Gasteiger charge is 2.67. The first kappa shape index (κ1) is 24.5. The Morgan fingerprint density at radius 3 is 2.47 bits per heavy atom. The van der Waals surface area contributed by atoms with E-state index < -0.39 is 23.1 Å². The van der Waals surface area contributed by atoms with Gasteiger partial charge in [0.2, 0.25) is 0 Å². The number of H-pyrrole nitrogens is 1. The smallest absolute Gasteiger partial charge is 0.401 e. The summed E-state index contributed by atoms with van der Waals surface area (Å²) in [5.74, 6) is 0.917. The van der Waals surface area contributed by atoms with E-state index in [1.807, 2.05) is 0 Å². The van der Waals surface area contributed by atoms with Crippen LogP contribution in [-0.2, 0) is 11.2 Å². The lowest BCUT2D eigenvalue weighted by Gasteiger charge is -2.17. The average Bonchev–Trinajstić information content (AvgIpc) is 3.75. The summed E-state index contributed by atoms with van der Waals surface area (Å²) in [7, 11) is 0. The third kappa shape index (κ3) is 5.16. The van der Waals surface area contributed by atoms with E-state index in [4.69, 9.17) is 16.3 Å². The SMILES string of the molecule is O=C(CCc1ccc(Cl)c(-c2nc(-c3ccc(OCC4CC4)cc3)nc(=O)[nH]2)c1)C1(C(F)(F)F)CC1. The van der Waals surface area contributed by atoms with Crippen molar-refractivity contribution in [2.45, 2.75) is 44.7 Å². The molecule has 5 rings (SSSR count). The predicted octanol–water partition coefficient (Wildman–Crippen LogP) is 5.79. The maximum absolute atomic E-state index is 13.2. The van der Waals surface area contributed by atoms with Crippen molar-refractivity contribution >= 4 is 17.4 Å². The Kier molecular flexibility index (Phi) is 6.36. The molecule has 0 spiro atoms. The van der Waals surface area contributed by atoms with Crippen molar-refractivity contribution < 1.29 is 22.7 Å². The molecule has 10 heteroatoms. The van der Waals surface area contributed by atoms with Crippen LogP contribution in [0.1, 0.15) is 37.7 Å². The van der Waals surface area contributed by atoms with Crippen LogP contribution in [-0.4, -0.2) is 33.5 Å². The molecule has 0 unspecified atom stereocenters. The molecule has 2 aliphatic rings. The molecule has 0 atom stereocenters. The Hall–Kier alpha value is -3.20. The fraction of sp³-hybridized carbons (Fsp3) is 0.385. The van der Waals surface area contributed by atoms with Gasteiger partial charge in [0.15, 0.2) is 5.82 Å². The monoisotopic (exact) mass is 517 g/mol. The second-order valence-electron chi connectivity index (χ2n) is 9.42. The van der Waals surface area contributed by atoms with Crippen molar-refractivity contribution in [2.24, 2.45) is 11.3 Å². The van der Waals surface area contributed by atoms with E-state index in [9.17, 15) is 22.8 Å². The van der Waals surface area contributed by atoms with E-state index in [2.05, 4.69) is 15.0 Å². The number of carbonyl (C=O) groups is 1. The summed E-state index contributed by atoms with van der Waals surface area (Å²) in [5.41, 5.74) is -1.20. The molecule has 1 heterocycles. The van der Waals surface area contributed by atoms with Crippen LogP contribution in [0.15, 0.2) is 47.3 Å². The number of aromatic amines is 1. The first-order valence-corrected chi connectivity index (χ1v) is 12.1. The molecule has 0 amide bonds. The Bertz CT molecular complexity index is 1350. The third-order valence-electron chi connectivity index (χ3n) is 6.70. The molecule has 6 nitrogen and oxygen atoms in total. The van der Waals surface area contributed by atoms with E-state index in [1.54, 1.807) is 42.5 Å². The molecule has 2 aromatic carbocycles. The van der Waals surface area contributed by atoms with Gasteiger partial charge in [-0.1, -0.05) is 17.7 Å². The molecule has 36 heavy (non-hydrogen) atoms. The van der Waals surface area contributed by atoms with Crippen LogP contribution in [0.5, 0.6) is 5.75 Å². The van der Waals surface area contributed by atoms with Crippen molar-refractivity contribution in [3.63, 3.8) is 0 Å². The van der Waals surface area contributed by atoms with Gasteiger partial charge in [-0.05, 0) is 80.0 Å². The zero-order chi connectivity index (χ0) is 25.5. The van der Waals surface area contributed by atoms with Gasteiger partial charge in [-0.25, -0.2) is 9.78 Å². The number of ketones is 1. The van der Waals surface area contributed by atoms with Crippen molar-refractivity contribution in [3.05, 3.63) is 63.5 Å². The number of aryl methyl sites for hydroxylation is 1. The van der Waals surface area contributed by atoms with Gasteiger partial charge in [0.1, 0.15) is 22.8 Å². The summed E-state index contributed by atoms with van der Waals surface area (Å²) in [6.45, 7) is 0.683. The van der Waals surface area contributed by atoms with Gasteiger partial charge in [0.25, 0.3) is 0 Å². The van der Waals surface area contributed by atoms with E-state index in [-0.39, 0.29) is 37.3 Å². The molecule has 3 aromatic rings. The summed E-state index contributed by atoms with van der Waals surface area (Å²) >= 11 is 6.36. The van der Waals surface area contributed by atoms with Gasteiger partial charge in [-0.3, -0.25) is 9.78 Å². The van der Waals surface area contributed by atoms with E-state index in [0.29, 0.717) is 34.2 Å². The van der Waals surface area contributed by atoms with Gasteiger partial charge < -0.3 is 4.74 Å². The molecular formula is C26H23ClF3N3O3. The number of aromatic nitrogens is 3. The molecule has 0 bridgehead atoms. The number of nitrogens with zero attached hydrogens (tertiary/aromatic N) is 2. The second-order valence-corrected chi connectivity index (χ2v) is 9.83. The van der Waals surface area contributed by atoms with Crippen molar-refractivity contribution in [3.8, 4) is 28.5 Å². The quantitative estimate of drug-likeness (QED) is 0.388. The highest BCUT2D eigenvalue weighted by molar-refractivity contribution is 6.33. The maximum atomic E-state index is 13.2. The molecule has 1 aromatic heterocycles. The van der Waals surface area contributed by atoms with Crippen LogP contribution < -0.4 is 10.4 Å². The molecule has 2 fully saturated rings. The summed E-state index contributed by atoms with van der Waals surface area (Å²) in [5, 5.41) is 0.295. The lowest BCUT2D eigenvalue weighted by atomic mass is 9.94. The first-order valence-electron chi connectivity index (χ1n) is 11.7. The highest BCUT2D eigenvalue weighted by atomic mass is 35.5. The Morgan fingerprint density at radius 2 is 1.83 bits per heavy atom. The Morgan fingerprint density at radius 1 is 1.11 bits per heavy atom. The number of alkyl halides is 3. The molecule has 0 saturated heterocycles. The van der Waals surface area contributed by atoms with Gasteiger partial charge in [-0.15, -0.1) is 0 Å². The number of Topliss-reactive ketones (excluding diaryl/α,β-unsaturated/α-hetero) is 1. The topological polar surface area (TPSA) is 84.9 Å². The van der Waals surface area contributed by atoms with Crippen LogP contribution in [0.4, 0.5) is 13.2 Å². The minimum atomic E-state index is -4.52. The molecule has 188 valence electrons. The molecule has 0 radical (unpaired) electrons. The first-order chi connectivity index (χ1) is 17.1. The fourth-order valence-corrected chi connectivity index (χ4v) is 4.30. The summed E-state index contributed by atoms with van der Waals surface area (Å²) < 4.78 is 45.4. The van der Waals surface area contributed by atoms with Crippen LogP contribution in [0, 0.1) is 11.3 Å². The molecule has 1 N–H and O–H groups in total. The van der Waals surface area contributed by atoms with Crippen molar-refractivity contribution in [2.75, 3.05) is 6.61 Å². The van der Waals surface area contributed by atoms with Gasteiger partial charge in [-0.2, -0.15) is 18.2 Å². The normalized spacial score (nSPS) is 16.6. The molecule has 2 aliphatic carbocycles. The number of halogens is 4. The van der Waals surface area contributed by atoms with Gasteiger partial charge >= 0.3 is 11.9 Å². The Labute approximate surface area is 209 Å². The maximum Gasteiger partial charge on any atom is 0.401 e.